The summed E-state index contributed by atoms with van der Waals surface area (Å²) in [5.41, 5.74) is 2.40. The Hall–Kier alpha value is -2.15. The SMILES string of the molecule is CNC(=O)C[C@@H]1CN(C(=O)Nc2cc(C)ncc2C)C[C@H]1O. The molecule has 0 bridgehead atoms. The average molecular weight is 306 g/mol. The number of carbonyl (C=O) groups excluding carboxylic acids is 2. The first kappa shape index (κ1) is 16.2. The fourth-order valence-electron chi connectivity index (χ4n) is 2.52. The summed E-state index contributed by atoms with van der Waals surface area (Å²) in [6.45, 7) is 4.32. The summed E-state index contributed by atoms with van der Waals surface area (Å²) < 4.78 is 0. The Balaban J connectivity index is 1.99. The number of aryl methyl sites for hydroxylation is 2. The van der Waals surface area contributed by atoms with E-state index in [1.165, 1.54) is 4.90 Å². The number of nitrogens with zero attached hydrogens (tertiary/aromatic N) is 2. The second kappa shape index (κ2) is 6.74. The first-order chi connectivity index (χ1) is 10.4. The first-order valence-electron chi connectivity index (χ1n) is 7.28. The summed E-state index contributed by atoms with van der Waals surface area (Å²) in [6.07, 6.45) is 1.25. The van der Waals surface area contributed by atoms with E-state index in [2.05, 4.69) is 15.6 Å². The van der Waals surface area contributed by atoms with E-state index in [4.69, 9.17) is 0 Å². The van der Waals surface area contributed by atoms with Crippen molar-refractivity contribution >= 4 is 17.6 Å². The number of pyridine rings is 1. The van der Waals surface area contributed by atoms with E-state index in [1.54, 1.807) is 13.2 Å². The number of β-amino-alcohol motifs (C(OH)–C–C–N with tert-alkyl or cyclic N) is 1. The van der Waals surface area contributed by atoms with Crippen LogP contribution in [-0.2, 0) is 4.79 Å². The number of anilines is 1. The molecule has 0 aliphatic carbocycles. The quantitative estimate of drug-likeness (QED) is 0.764. The summed E-state index contributed by atoms with van der Waals surface area (Å²) in [5, 5.41) is 15.4. The Labute approximate surface area is 129 Å². The maximum atomic E-state index is 12.3. The van der Waals surface area contributed by atoms with Gasteiger partial charge in [0.1, 0.15) is 0 Å². The van der Waals surface area contributed by atoms with E-state index >= 15 is 0 Å². The number of amides is 3. The number of likely N-dealkylation sites (tertiary alicyclic amines) is 1. The van der Waals surface area contributed by atoms with Crippen molar-refractivity contribution in [1.29, 1.82) is 0 Å². The molecule has 2 rings (SSSR count). The number of aliphatic hydroxyl groups excluding tert-OH is 1. The van der Waals surface area contributed by atoms with Crippen LogP contribution >= 0.6 is 0 Å². The van der Waals surface area contributed by atoms with Crippen LogP contribution < -0.4 is 10.6 Å². The third-order valence-corrected chi connectivity index (χ3v) is 3.90. The van der Waals surface area contributed by atoms with Gasteiger partial charge in [0.15, 0.2) is 0 Å². The largest absolute Gasteiger partial charge is 0.391 e. The first-order valence-corrected chi connectivity index (χ1v) is 7.28. The molecule has 1 aromatic rings. The van der Waals surface area contributed by atoms with Gasteiger partial charge < -0.3 is 20.6 Å². The van der Waals surface area contributed by atoms with Crippen molar-refractivity contribution in [3.05, 3.63) is 23.5 Å². The molecule has 0 saturated carbocycles. The molecule has 0 spiro atoms. The fourth-order valence-corrected chi connectivity index (χ4v) is 2.52. The van der Waals surface area contributed by atoms with Gasteiger partial charge in [-0.1, -0.05) is 0 Å². The molecule has 2 atom stereocenters. The number of nitrogens with one attached hydrogen (secondary N) is 2. The molecular formula is C15H22N4O3. The van der Waals surface area contributed by atoms with Crippen LogP contribution in [0.3, 0.4) is 0 Å². The molecule has 7 nitrogen and oxygen atoms in total. The van der Waals surface area contributed by atoms with Crippen molar-refractivity contribution < 1.29 is 14.7 Å². The van der Waals surface area contributed by atoms with Gasteiger partial charge in [-0.2, -0.15) is 0 Å². The van der Waals surface area contributed by atoms with Gasteiger partial charge in [0, 0.05) is 50.1 Å². The van der Waals surface area contributed by atoms with E-state index in [1.807, 2.05) is 19.9 Å². The molecule has 1 aliphatic rings. The number of aromatic nitrogens is 1. The van der Waals surface area contributed by atoms with Crippen molar-refractivity contribution in [1.82, 2.24) is 15.2 Å². The smallest absolute Gasteiger partial charge is 0.321 e. The van der Waals surface area contributed by atoms with Crippen molar-refractivity contribution in [3.63, 3.8) is 0 Å². The van der Waals surface area contributed by atoms with Crippen LogP contribution in [-0.4, -0.2) is 53.2 Å². The minimum Gasteiger partial charge on any atom is -0.391 e. The van der Waals surface area contributed by atoms with E-state index < -0.39 is 6.10 Å². The summed E-state index contributed by atoms with van der Waals surface area (Å²) in [7, 11) is 1.56. The molecule has 7 heteroatoms. The predicted octanol–water partition coefficient (Wildman–Crippen LogP) is 0.659. The minimum atomic E-state index is -0.677. The lowest BCUT2D eigenvalue weighted by atomic mass is 10.0. The van der Waals surface area contributed by atoms with Crippen LogP contribution in [0.25, 0.3) is 0 Å². The Bertz CT molecular complexity index is 576. The second-order valence-corrected chi connectivity index (χ2v) is 5.68. The zero-order valence-electron chi connectivity index (χ0n) is 13.1. The zero-order chi connectivity index (χ0) is 16.3. The van der Waals surface area contributed by atoms with Gasteiger partial charge in [-0.25, -0.2) is 4.79 Å². The molecule has 3 N–H and O–H groups in total. The number of aliphatic hydroxyl groups is 1. The molecule has 2 heterocycles. The Morgan fingerprint density at radius 3 is 2.82 bits per heavy atom. The van der Waals surface area contributed by atoms with Gasteiger partial charge in [0.2, 0.25) is 5.91 Å². The van der Waals surface area contributed by atoms with Gasteiger partial charge in [0.05, 0.1) is 6.10 Å². The molecule has 1 saturated heterocycles. The van der Waals surface area contributed by atoms with Crippen LogP contribution in [0.5, 0.6) is 0 Å². The second-order valence-electron chi connectivity index (χ2n) is 5.68. The monoisotopic (exact) mass is 306 g/mol. The van der Waals surface area contributed by atoms with Crippen LogP contribution in [0.4, 0.5) is 10.5 Å². The number of hydrogen-bond acceptors (Lipinski definition) is 4. The van der Waals surface area contributed by atoms with Crippen molar-refractivity contribution in [2.75, 3.05) is 25.5 Å². The molecule has 3 amide bonds. The van der Waals surface area contributed by atoms with Gasteiger partial charge in [0.25, 0.3) is 0 Å². The lowest BCUT2D eigenvalue weighted by Crippen LogP contribution is -2.34. The van der Waals surface area contributed by atoms with Crippen molar-refractivity contribution in [2.45, 2.75) is 26.4 Å². The molecule has 1 aromatic heterocycles. The molecular weight excluding hydrogens is 284 g/mol. The van der Waals surface area contributed by atoms with Gasteiger partial charge in [-0.3, -0.25) is 9.78 Å². The third-order valence-electron chi connectivity index (χ3n) is 3.90. The molecule has 22 heavy (non-hydrogen) atoms. The van der Waals surface area contributed by atoms with Crippen LogP contribution in [0, 0.1) is 19.8 Å². The summed E-state index contributed by atoms with van der Waals surface area (Å²) in [4.78, 5) is 29.4. The van der Waals surface area contributed by atoms with Crippen LogP contribution in [0.2, 0.25) is 0 Å². The summed E-state index contributed by atoms with van der Waals surface area (Å²) in [5.74, 6) is -0.363. The summed E-state index contributed by atoms with van der Waals surface area (Å²) >= 11 is 0. The standard InChI is InChI=1S/C15H22N4O3/c1-9-6-17-10(2)4-12(9)18-15(22)19-7-11(13(20)8-19)5-14(21)16-3/h4,6,11,13,20H,5,7-8H2,1-3H3,(H,16,21)(H,17,18,22)/t11-,13-/m1/s1. The van der Waals surface area contributed by atoms with Crippen molar-refractivity contribution in [3.8, 4) is 0 Å². The molecule has 120 valence electrons. The highest BCUT2D eigenvalue weighted by atomic mass is 16.3. The minimum absolute atomic E-state index is 0.132. The van der Waals surface area contributed by atoms with E-state index in [9.17, 15) is 14.7 Å². The van der Waals surface area contributed by atoms with E-state index in [0.717, 1.165) is 11.3 Å². The average Bonchev–Trinajstić information content (AvgIpc) is 2.84. The maximum absolute atomic E-state index is 12.3. The van der Waals surface area contributed by atoms with Gasteiger partial charge in [-0.15, -0.1) is 0 Å². The number of carbonyl (C=O) groups is 2. The topological polar surface area (TPSA) is 94.6 Å². The lowest BCUT2D eigenvalue weighted by molar-refractivity contribution is -0.122. The Morgan fingerprint density at radius 1 is 1.41 bits per heavy atom. The summed E-state index contributed by atoms with van der Waals surface area (Å²) in [6, 6.07) is 1.54. The molecule has 0 aromatic carbocycles. The van der Waals surface area contributed by atoms with E-state index in [-0.39, 0.29) is 30.8 Å². The maximum Gasteiger partial charge on any atom is 0.321 e. The third kappa shape index (κ3) is 3.73. The predicted molar refractivity (Wildman–Crippen MR) is 82.5 cm³/mol. The highest BCUT2D eigenvalue weighted by Crippen LogP contribution is 2.22. The van der Waals surface area contributed by atoms with Gasteiger partial charge >= 0.3 is 6.03 Å². The highest BCUT2D eigenvalue weighted by molar-refractivity contribution is 5.90. The number of hydrogen-bond donors (Lipinski definition) is 3. The Kier molecular flexibility index (Phi) is 4.97. The highest BCUT2D eigenvalue weighted by Gasteiger charge is 2.35. The van der Waals surface area contributed by atoms with E-state index in [0.29, 0.717) is 12.2 Å². The number of rotatable bonds is 3. The number of urea groups is 1. The zero-order valence-corrected chi connectivity index (χ0v) is 13.1. The molecule has 0 unspecified atom stereocenters. The van der Waals surface area contributed by atoms with Crippen molar-refractivity contribution in [2.24, 2.45) is 5.92 Å². The normalized spacial score (nSPS) is 20.8. The van der Waals surface area contributed by atoms with Gasteiger partial charge in [-0.05, 0) is 25.5 Å². The molecule has 1 fully saturated rings. The Morgan fingerprint density at radius 2 is 2.14 bits per heavy atom. The molecule has 1 aliphatic heterocycles. The lowest BCUT2D eigenvalue weighted by Gasteiger charge is -2.18. The van der Waals surface area contributed by atoms with Crippen LogP contribution in [0.1, 0.15) is 17.7 Å². The van der Waals surface area contributed by atoms with Crippen LogP contribution in [0.15, 0.2) is 12.3 Å². The molecule has 0 radical (unpaired) electrons. The fraction of sp³-hybridized carbons (Fsp3) is 0.533.